The molecule has 0 bridgehead atoms. The second-order valence-electron chi connectivity index (χ2n) is 6.53. The van der Waals surface area contributed by atoms with E-state index >= 15 is 0 Å². The number of para-hydroxylation sites is 1. The van der Waals surface area contributed by atoms with Crippen molar-refractivity contribution in [3.63, 3.8) is 0 Å². The zero-order valence-electron chi connectivity index (χ0n) is 15.1. The molecule has 1 heterocycles. The van der Waals surface area contributed by atoms with Gasteiger partial charge < -0.3 is 20.1 Å². The summed E-state index contributed by atoms with van der Waals surface area (Å²) in [4.78, 5) is 12.4. The Balaban J connectivity index is 1.73. The van der Waals surface area contributed by atoms with Crippen molar-refractivity contribution in [1.29, 1.82) is 0 Å². The first-order valence-corrected chi connectivity index (χ1v) is 9.51. The molecule has 5 nitrogen and oxygen atoms in total. The molecule has 2 aromatic carbocycles. The smallest absolute Gasteiger partial charge is 0.319 e. The number of nitrogens with one attached hydrogen (secondary N) is 2. The molecule has 0 radical (unpaired) electrons. The predicted octanol–water partition coefficient (Wildman–Crippen LogP) is 4.87. The van der Waals surface area contributed by atoms with Crippen molar-refractivity contribution in [2.75, 3.05) is 32.2 Å². The fourth-order valence-electron chi connectivity index (χ4n) is 3.38. The van der Waals surface area contributed by atoms with Crippen LogP contribution in [0.15, 0.2) is 42.5 Å². The van der Waals surface area contributed by atoms with Gasteiger partial charge in [0.1, 0.15) is 5.75 Å². The molecule has 2 amide bonds. The maximum Gasteiger partial charge on any atom is 0.319 e. The molecule has 3 rings (SSSR count). The maximum absolute atomic E-state index is 12.4. The van der Waals surface area contributed by atoms with Crippen molar-refractivity contribution in [1.82, 2.24) is 5.32 Å². The number of carbonyl (C=O) groups excluding carboxylic acids is 1. The third-order valence-corrected chi connectivity index (χ3v) is 5.63. The van der Waals surface area contributed by atoms with Crippen molar-refractivity contribution in [2.24, 2.45) is 0 Å². The number of anilines is 1. The van der Waals surface area contributed by atoms with Crippen LogP contribution in [0.2, 0.25) is 10.0 Å². The van der Waals surface area contributed by atoms with Crippen molar-refractivity contribution in [2.45, 2.75) is 18.3 Å². The monoisotopic (exact) mass is 408 g/mol. The molecule has 1 aliphatic rings. The molecule has 0 spiro atoms. The van der Waals surface area contributed by atoms with Gasteiger partial charge in [-0.3, -0.25) is 0 Å². The molecule has 0 aromatic heterocycles. The predicted molar refractivity (Wildman–Crippen MR) is 108 cm³/mol. The first kappa shape index (κ1) is 19.8. The minimum Gasteiger partial charge on any atom is -0.496 e. The quantitative estimate of drug-likeness (QED) is 0.741. The number of ether oxygens (including phenoxy) is 2. The number of hydrogen-bond donors (Lipinski definition) is 2. The molecule has 0 aliphatic carbocycles. The van der Waals surface area contributed by atoms with E-state index in [-0.39, 0.29) is 11.4 Å². The Hall–Kier alpha value is -1.95. The van der Waals surface area contributed by atoms with Crippen LogP contribution < -0.4 is 15.4 Å². The lowest BCUT2D eigenvalue weighted by atomic mass is 9.73. The van der Waals surface area contributed by atoms with Crippen LogP contribution in [-0.4, -0.2) is 32.9 Å². The Labute approximate surface area is 168 Å². The van der Waals surface area contributed by atoms with Gasteiger partial charge in [0.05, 0.1) is 17.2 Å². The Morgan fingerprint density at radius 1 is 1.15 bits per heavy atom. The van der Waals surface area contributed by atoms with Crippen LogP contribution in [-0.2, 0) is 10.2 Å². The summed E-state index contributed by atoms with van der Waals surface area (Å²) in [5.74, 6) is 0.825. The number of rotatable bonds is 5. The normalized spacial score (nSPS) is 15.8. The molecule has 0 unspecified atom stereocenters. The number of methoxy groups -OCH3 is 1. The van der Waals surface area contributed by atoms with Gasteiger partial charge >= 0.3 is 6.03 Å². The lowest BCUT2D eigenvalue weighted by Gasteiger charge is -2.38. The van der Waals surface area contributed by atoms with Crippen molar-refractivity contribution in [3.05, 3.63) is 58.1 Å². The molecule has 27 heavy (non-hydrogen) atoms. The summed E-state index contributed by atoms with van der Waals surface area (Å²) in [5, 5.41) is 6.62. The second kappa shape index (κ2) is 8.83. The Morgan fingerprint density at radius 3 is 2.59 bits per heavy atom. The molecule has 0 atom stereocenters. The first-order valence-electron chi connectivity index (χ1n) is 8.75. The van der Waals surface area contributed by atoms with E-state index in [0.717, 1.165) is 24.2 Å². The highest BCUT2D eigenvalue weighted by Crippen LogP contribution is 2.39. The average molecular weight is 409 g/mol. The van der Waals surface area contributed by atoms with E-state index < -0.39 is 0 Å². The Morgan fingerprint density at radius 2 is 1.89 bits per heavy atom. The van der Waals surface area contributed by atoms with Gasteiger partial charge in [-0.1, -0.05) is 41.4 Å². The van der Waals surface area contributed by atoms with E-state index in [9.17, 15) is 4.79 Å². The molecule has 0 saturated carbocycles. The second-order valence-corrected chi connectivity index (χ2v) is 7.34. The van der Waals surface area contributed by atoms with Crippen LogP contribution >= 0.6 is 23.2 Å². The van der Waals surface area contributed by atoms with Gasteiger partial charge in [0.15, 0.2) is 0 Å². The molecular formula is C20H22Cl2N2O3. The molecule has 1 aliphatic heterocycles. The highest BCUT2D eigenvalue weighted by Gasteiger charge is 2.37. The summed E-state index contributed by atoms with van der Waals surface area (Å²) in [6, 6.07) is 12.6. The summed E-state index contributed by atoms with van der Waals surface area (Å²) in [5.41, 5.74) is 1.44. The minimum absolute atomic E-state index is 0.236. The molecule has 1 saturated heterocycles. The van der Waals surface area contributed by atoms with E-state index in [0.29, 0.717) is 35.5 Å². The first-order chi connectivity index (χ1) is 13.0. The van der Waals surface area contributed by atoms with Gasteiger partial charge in [-0.05, 0) is 37.1 Å². The van der Waals surface area contributed by atoms with Gasteiger partial charge in [-0.25, -0.2) is 4.79 Å². The topological polar surface area (TPSA) is 59.6 Å². The molecule has 2 aromatic rings. The number of halogens is 2. The largest absolute Gasteiger partial charge is 0.496 e. The lowest BCUT2D eigenvalue weighted by Crippen LogP contribution is -2.45. The number of hydrogen-bond acceptors (Lipinski definition) is 3. The van der Waals surface area contributed by atoms with Crippen LogP contribution in [0, 0.1) is 0 Å². The van der Waals surface area contributed by atoms with Crippen LogP contribution in [0.3, 0.4) is 0 Å². The number of benzene rings is 2. The van der Waals surface area contributed by atoms with Gasteiger partial charge in [0, 0.05) is 36.4 Å². The van der Waals surface area contributed by atoms with Gasteiger partial charge in [-0.15, -0.1) is 0 Å². The molecule has 2 N–H and O–H groups in total. The van der Waals surface area contributed by atoms with Crippen LogP contribution in [0.5, 0.6) is 5.75 Å². The fourth-order valence-corrected chi connectivity index (χ4v) is 3.68. The summed E-state index contributed by atoms with van der Waals surface area (Å²) in [6.45, 7) is 1.77. The van der Waals surface area contributed by atoms with E-state index in [2.05, 4.69) is 16.7 Å². The number of urea groups is 1. The fraction of sp³-hybridized carbons (Fsp3) is 0.350. The van der Waals surface area contributed by atoms with Crippen molar-refractivity contribution < 1.29 is 14.3 Å². The van der Waals surface area contributed by atoms with E-state index in [4.69, 9.17) is 32.7 Å². The number of amides is 2. The molecule has 144 valence electrons. The zero-order valence-corrected chi connectivity index (χ0v) is 16.6. The molecule has 7 heteroatoms. The van der Waals surface area contributed by atoms with Crippen LogP contribution in [0.1, 0.15) is 18.4 Å². The third-order valence-electron chi connectivity index (χ3n) is 4.89. The van der Waals surface area contributed by atoms with Crippen molar-refractivity contribution >= 4 is 34.9 Å². The summed E-state index contributed by atoms with van der Waals surface area (Å²) in [6.07, 6.45) is 1.61. The molecular weight excluding hydrogens is 387 g/mol. The van der Waals surface area contributed by atoms with Gasteiger partial charge in [-0.2, -0.15) is 0 Å². The summed E-state index contributed by atoms with van der Waals surface area (Å²) < 4.78 is 11.1. The van der Waals surface area contributed by atoms with Gasteiger partial charge in [0.2, 0.25) is 0 Å². The van der Waals surface area contributed by atoms with E-state index in [1.165, 1.54) is 0 Å². The SMILES string of the molecule is COc1ccccc1C1(CNC(=O)Nc2ccc(Cl)c(Cl)c2)CCOCC1. The minimum atomic E-state index is -0.297. The number of carbonyl (C=O) groups is 1. The lowest BCUT2D eigenvalue weighted by molar-refractivity contribution is 0.0500. The van der Waals surface area contributed by atoms with E-state index in [1.807, 2.05) is 18.2 Å². The highest BCUT2D eigenvalue weighted by molar-refractivity contribution is 6.42. The zero-order chi connectivity index (χ0) is 19.3. The van der Waals surface area contributed by atoms with Crippen molar-refractivity contribution in [3.8, 4) is 5.75 Å². The van der Waals surface area contributed by atoms with Crippen LogP contribution in [0.4, 0.5) is 10.5 Å². The molecule has 1 fully saturated rings. The maximum atomic E-state index is 12.4. The standard InChI is InChI=1S/C20H22Cl2N2O3/c1-26-18-5-3-2-4-15(18)20(8-10-27-11-9-20)13-23-19(25)24-14-6-7-16(21)17(22)12-14/h2-7,12H,8-11,13H2,1H3,(H2,23,24,25). The average Bonchev–Trinajstić information content (AvgIpc) is 2.70. The highest BCUT2D eigenvalue weighted by atomic mass is 35.5. The summed E-state index contributed by atoms with van der Waals surface area (Å²) >= 11 is 11.9. The third kappa shape index (κ3) is 4.67. The van der Waals surface area contributed by atoms with Gasteiger partial charge in [0.25, 0.3) is 0 Å². The van der Waals surface area contributed by atoms with Crippen LogP contribution in [0.25, 0.3) is 0 Å². The van der Waals surface area contributed by atoms with E-state index in [1.54, 1.807) is 25.3 Å². The summed E-state index contributed by atoms with van der Waals surface area (Å²) in [7, 11) is 1.66. The Bertz CT molecular complexity index is 808. The Kier molecular flexibility index (Phi) is 6.47.